The Morgan fingerprint density at radius 2 is 1.50 bits per heavy atom. The zero-order valence-corrected chi connectivity index (χ0v) is 19.2. The van der Waals surface area contributed by atoms with E-state index in [-0.39, 0.29) is 21.9 Å². The van der Waals surface area contributed by atoms with Crippen molar-refractivity contribution >= 4 is 23.0 Å². The molecule has 0 aromatic heterocycles. The molecule has 1 amide bonds. The molecule has 0 N–H and O–H groups in total. The lowest BCUT2D eigenvalue weighted by Gasteiger charge is -2.36. The van der Waals surface area contributed by atoms with Gasteiger partial charge in [0.25, 0.3) is 11.6 Å². The SMILES string of the molecule is CC(C)(C)c1ccc(C(=O)N2CCN(c3ccc([N+](=O)[O-])c(N4CCCC4)c3)CC2)cc1. The Hall–Kier alpha value is -3.09. The standard InChI is InChI=1S/C25H32N4O3/c1-25(2,3)20-8-6-19(7-9-20)24(30)28-16-14-26(15-17-28)21-10-11-22(29(31)32)23(18-21)27-12-4-5-13-27/h6-11,18H,4-5,12-17H2,1-3H3. The van der Waals surface area contributed by atoms with Gasteiger partial charge in [-0.25, -0.2) is 0 Å². The third-order valence-corrected chi connectivity index (χ3v) is 6.53. The molecule has 4 rings (SSSR count). The summed E-state index contributed by atoms with van der Waals surface area (Å²) < 4.78 is 0. The lowest BCUT2D eigenvalue weighted by Crippen LogP contribution is -2.48. The average Bonchev–Trinajstić information content (AvgIpc) is 3.33. The van der Waals surface area contributed by atoms with Crippen molar-refractivity contribution in [1.29, 1.82) is 0 Å². The molecule has 2 aliphatic heterocycles. The molecule has 2 aromatic rings. The van der Waals surface area contributed by atoms with E-state index in [1.807, 2.05) is 41.3 Å². The van der Waals surface area contributed by atoms with Gasteiger partial charge in [0.1, 0.15) is 5.69 Å². The Morgan fingerprint density at radius 1 is 0.875 bits per heavy atom. The smallest absolute Gasteiger partial charge is 0.292 e. The van der Waals surface area contributed by atoms with Crippen LogP contribution >= 0.6 is 0 Å². The van der Waals surface area contributed by atoms with Crippen molar-refractivity contribution in [1.82, 2.24) is 4.90 Å². The summed E-state index contributed by atoms with van der Waals surface area (Å²) >= 11 is 0. The molecule has 0 bridgehead atoms. The van der Waals surface area contributed by atoms with Gasteiger partial charge in [-0.1, -0.05) is 32.9 Å². The van der Waals surface area contributed by atoms with Gasteiger partial charge in [0.15, 0.2) is 0 Å². The van der Waals surface area contributed by atoms with E-state index in [0.717, 1.165) is 37.2 Å². The van der Waals surface area contributed by atoms with Gasteiger partial charge in [-0.3, -0.25) is 14.9 Å². The van der Waals surface area contributed by atoms with Crippen LogP contribution in [0.5, 0.6) is 0 Å². The Bertz CT molecular complexity index is 983. The van der Waals surface area contributed by atoms with E-state index in [0.29, 0.717) is 31.9 Å². The number of nitro benzene ring substituents is 1. The predicted octanol–water partition coefficient (Wildman–Crippen LogP) is 4.45. The number of carbonyl (C=O) groups excluding carboxylic acids is 1. The quantitative estimate of drug-likeness (QED) is 0.523. The lowest BCUT2D eigenvalue weighted by atomic mass is 9.86. The maximum Gasteiger partial charge on any atom is 0.292 e. The van der Waals surface area contributed by atoms with E-state index >= 15 is 0 Å². The number of rotatable bonds is 4. The van der Waals surface area contributed by atoms with Gasteiger partial charge < -0.3 is 14.7 Å². The number of benzene rings is 2. The number of hydrogen-bond acceptors (Lipinski definition) is 5. The third kappa shape index (κ3) is 4.56. The molecule has 7 heteroatoms. The Labute approximate surface area is 189 Å². The highest BCUT2D eigenvalue weighted by molar-refractivity contribution is 5.94. The minimum Gasteiger partial charge on any atom is -0.368 e. The van der Waals surface area contributed by atoms with Gasteiger partial charge in [0.05, 0.1) is 4.92 Å². The number of piperazine rings is 1. The van der Waals surface area contributed by atoms with Crippen molar-refractivity contribution in [3.63, 3.8) is 0 Å². The molecule has 0 unspecified atom stereocenters. The van der Waals surface area contributed by atoms with E-state index in [9.17, 15) is 14.9 Å². The second-order valence-corrected chi connectivity index (χ2v) is 9.73. The van der Waals surface area contributed by atoms with Crippen molar-refractivity contribution in [2.75, 3.05) is 49.1 Å². The lowest BCUT2D eigenvalue weighted by molar-refractivity contribution is -0.384. The highest BCUT2D eigenvalue weighted by Gasteiger charge is 2.26. The maximum absolute atomic E-state index is 13.0. The van der Waals surface area contributed by atoms with Crippen molar-refractivity contribution in [3.05, 3.63) is 63.7 Å². The summed E-state index contributed by atoms with van der Waals surface area (Å²) in [5, 5.41) is 11.5. The van der Waals surface area contributed by atoms with Crippen LogP contribution in [0.25, 0.3) is 0 Å². The van der Waals surface area contributed by atoms with E-state index in [4.69, 9.17) is 0 Å². The first-order valence-electron chi connectivity index (χ1n) is 11.4. The molecule has 7 nitrogen and oxygen atoms in total. The summed E-state index contributed by atoms with van der Waals surface area (Å²) in [5.41, 5.74) is 3.86. The molecular formula is C25H32N4O3. The van der Waals surface area contributed by atoms with Gasteiger partial charge >= 0.3 is 0 Å². The Kier molecular flexibility index (Phi) is 6.09. The summed E-state index contributed by atoms with van der Waals surface area (Å²) in [5.74, 6) is 0.0616. The summed E-state index contributed by atoms with van der Waals surface area (Å²) in [4.78, 5) is 30.4. The zero-order valence-electron chi connectivity index (χ0n) is 19.2. The van der Waals surface area contributed by atoms with Crippen LogP contribution in [0, 0.1) is 10.1 Å². The van der Waals surface area contributed by atoms with Gasteiger partial charge in [0, 0.05) is 56.6 Å². The molecule has 32 heavy (non-hydrogen) atoms. The van der Waals surface area contributed by atoms with Crippen LogP contribution in [0.4, 0.5) is 17.1 Å². The van der Waals surface area contributed by atoms with Crippen molar-refractivity contribution in [2.24, 2.45) is 0 Å². The van der Waals surface area contributed by atoms with Crippen molar-refractivity contribution in [2.45, 2.75) is 39.0 Å². The number of anilines is 2. The highest BCUT2D eigenvalue weighted by atomic mass is 16.6. The molecule has 0 radical (unpaired) electrons. The number of carbonyl (C=O) groups is 1. The molecule has 2 fully saturated rings. The molecule has 2 aliphatic rings. The minimum atomic E-state index is -0.293. The fourth-order valence-corrected chi connectivity index (χ4v) is 4.54. The normalized spacial score (nSPS) is 17.0. The number of hydrogen-bond donors (Lipinski definition) is 0. The first kappa shape index (κ1) is 22.1. The molecule has 0 atom stereocenters. The van der Waals surface area contributed by atoms with E-state index in [1.54, 1.807) is 6.07 Å². The zero-order chi connectivity index (χ0) is 22.9. The second kappa shape index (κ2) is 8.81. The fourth-order valence-electron chi connectivity index (χ4n) is 4.54. The monoisotopic (exact) mass is 436 g/mol. The van der Waals surface area contributed by atoms with Crippen molar-refractivity contribution < 1.29 is 9.72 Å². The molecule has 2 aromatic carbocycles. The summed E-state index contributed by atoms with van der Waals surface area (Å²) in [7, 11) is 0. The van der Waals surface area contributed by atoms with Gasteiger partial charge in [-0.15, -0.1) is 0 Å². The summed E-state index contributed by atoms with van der Waals surface area (Å²) in [6.45, 7) is 10.9. The van der Waals surface area contributed by atoms with Crippen LogP contribution in [0.15, 0.2) is 42.5 Å². The predicted molar refractivity (Wildman–Crippen MR) is 128 cm³/mol. The summed E-state index contributed by atoms with van der Waals surface area (Å²) in [6, 6.07) is 13.3. The van der Waals surface area contributed by atoms with Crippen LogP contribution < -0.4 is 9.80 Å². The number of nitrogens with zero attached hydrogens (tertiary/aromatic N) is 4. The second-order valence-electron chi connectivity index (χ2n) is 9.73. The number of nitro groups is 1. The molecule has 2 saturated heterocycles. The Morgan fingerprint density at radius 3 is 2.06 bits per heavy atom. The number of amides is 1. The molecular weight excluding hydrogens is 404 g/mol. The largest absolute Gasteiger partial charge is 0.368 e. The van der Waals surface area contributed by atoms with Crippen molar-refractivity contribution in [3.8, 4) is 0 Å². The minimum absolute atomic E-state index is 0.0614. The molecule has 0 spiro atoms. The van der Waals surface area contributed by atoms with E-state index in [1.165, 1.54) is 5.56 Å². The van der Waals surface area contributed by atoms with Crippen LogP contribution in [0.3, 0.4) is 0 Å². The topological polar surface area (TPSA) is 69.9 Å². The van der Waals surface area contributed by atoms with Crippen LogP contribution in [0.2, 0.25) is 0 Å². The fraction of sp³-hybridized carbons (Fsp3) is 0.480. The van der Waals surface area contributed by atoms with E-state index < -0.39 is 0 Å². The Balaban J connectivity index is 1.44. The van der Waals surface area contributed by atoms with Gasteiger partial charge in [-0.2, -0.15) is 0 Å². The van der Waals surface area contributed by atoms with E-state index in [2.05, 4.69) is 30.6 Å². The first-order chi connectivity index (χ1) is 15.2. The first-order valence-corrected chi connectivity index (χ1v) is 11.4. The maximum atomic E-state index is 13.0. The molecule has 0 aliphatic carbocycles. The molecule has 0 saturated carbocycles. The summed E-state index contributed by atoms with van der Waals surface area (Å²) in [6.07, 6.45) is 2.14. The van der Waals surface area contributed by atoms with Gasteiger partial charge in [0.2, 0.25) is 0 Å². The highest BCUT2D eigenvalue weighted by Crippen LogP contribution is 2.35. The van der Waals surface area contributed by atoms with Gasteiger partial charge in [-0.05, 0) is 48.1 Å². The van der Waals surface area contributed by atoms with Crippen LogP contribution in [-0.4, -0.2) is 55.0 Å². The third-order valence-electron chi connectivity index (χ3n) is 6.53. The van der Waals surface area contributed by atoms with Crippen LogP contribution in [-0.2, 0) is 5.41 Å². The average molecular weight is 437 g/mol. The molecule has 2 heterocycles. The molecule has 170 valence electrons. The van der Waals surface area contributed by atoms with Crippen LogP contribution in [0.1, 0.15) is 49.5 Å².